The van der Waals surface area contributed by atoms with Gasteiger partial charge in [0.2, 0.25) is 0 Å². The molecule has 122 valence electrons. The Bertz CT molecular complexity index is 1000. The van der Waals surface area contributed by atoms with Gasteiger partial charge in [-0.2, -0.15) is 10.4 Å². The third kappa shape index (κ3) is 2.74. The number of benzene rings is 1. The Labute approximate surface area is 143 Å². The van der Waals surface area contributed by atoms with Crippen LogP contribution in [0.1, 0.15) is 11.7 Å². The SMILES string of the molecule is N#Cc1nccnc1N1CC(n2nc(-c3ccccc3)ccc2=O)C1. The first-order chi connectivity index (χ1) is 12.3. The highest BCUT2D eigenvalue weighted by Crippen LogP contribution is 2.27. The van der Waals surface area contributed by atoms with E-state index in [0.717, 1.165) is 11.3 Å². The maximum absolute atomic E-state index is 12.2. The lowest BCUT2D eigenvalue weighted by Gasteiger charge is -2.40. The third-order valence-corrected chi connectivity index (χ3v) is 4.19. The van der Waals surface area contributed by atoms with E-state index in [1.54, 1.807) is 18.3 Å². The standard InChI is InChI=1S/C18H14N6O/c19-10-16-18(21-9-8-20-16)23-11-14(12-23)24-17(25)7-6-15(22-24)13-4-2-1-3-5-13/h1-9,14H,11-12H2. The molecule has 0 atom stereocenters. The zero-order valence-corrected chi connectivity index (χ0v) is 13.3. The molecule has 25 heavy (non-hydrogen) atoms. The van der Waals surface area contributed by atoms with Crippen molar-refractivity contribution >= 4 is 5.82 Å². The molecule has 1 fully saturated rings. The van der Waals surface area contributed by atoms with Gasteiger partial charge in [-0.25, -0.2) is 14.6 Å². The number of rotatable bonds is 3. The monoisotopic (exact) mass is 330 g/mol. The number of nitriles is 1. The molecule has 0 radical (unpaired) electrons. The molecule has 3 aromatic rings. The fourth-order valence-corrected chi connectivity index (χ4v) is 2.87. The average molecular weight is 330 g/mol. The molecule has 0 spiro atoms. The van der Waals surface area contributed by atoms with Crippen molar-refractivity contribution in [2.45, 2.75) is 6.04 Å². The quantitative estimate of drug-likeness (QED) is 0.725. The van der Waals surface area contributed by atoms with Gasteiger partial charge >= 0.3 is 0 Å². The molecule has 0 unspecified atom stereocenters. The molecule has 2 aromatic heterocycles. The molecule has 1 aromatic carbocycles. The van der Waals surface area contributed by atoms with Gasteiger partial charge in [0.25, 0.3) is 5.56 Å². The molecule has 0 bridgehead atoms. The van der Waals surface area contributed by atoms with Crippen LogP contribution in [-0.4, -0.2) is 32.8 Å². The summed E-state index contributed by atoms with van der Waals surface area (Å²) in [6.45, 7) is 1.14. The summed E-state index contributed by atoms with van der Waals surface area (Å²) >= 11 is 0. The van der Waals surface area contributed by atoms with E-state index < -0.39 is 0 Å². The molecule has 3 heterocycles. The average Bonchev–Trinajstić information content (AvgIpc) is 2.63. The molecule has 0 aliphatic carbocycles. The minimum Gasteiger partial charge on any atom is -0.350 e. The van der Waals surface area contributed by atoms with Crippen molar-refractivity contribution in [1.82, 2.24) is 19.7 Å². The van der Waals surface area contributed by atoms with E-state index >= 15 is 0 Å². The lowest BCUT2D eigenvalue weighted by molar-refractivity contribution is 0.352. The minimum absolute atomic E-state index is 0.0512. The summed E-state index contributed by atoms with van der Waals surface area (Å²) in [5.74, 6) is 0.550. The lowest BCUT2D eigenvalue weighted by atomic mass is 10.1. The predicted octanol–water partition coefficient (Wildman–Crippen LogP) is 1.63. The zero-order valence-electron chi connectivity index (χ0n) is 13.3. The topological polar surface area (TPSA) is 87.7 Å². The van der Waals surface area contributed by atoms with Crippen LogP contribution in [0.5, 0.6) is 0 Å². The van der Waals surface area contributed by atoms with Gasteiger partial charge in [-0.15, -0.1) is 0 Å². The maximum atomic E-state index is 12.2. The van der Waals surface area contributed by atoms with E-state index in [0.29, 0.717) is 24.6 Å². The Balaban J connectivity index is 1.59. The van der Waals surface area contributed by atoms with Crippen LogP contribution >= 0.6 is 0 Å². The molecule has 4 rings (SSSR count). The summed E-state index contributed by atoms with van der Waals surface area (Å²) in [6, 6.07) is 15.0. The Morgan fingerprint density at radius 1 is 1.04 bits per heavy atom. The first-order valence-corrected chi connectivity index (χ1v) is 7.87. The highest BCUT2D eigenvalue weighted by Gasteiger charge is 2.32. The summed E-state index contributed by atoms with van der Waals surface area (Å²) < 4.78 is 1.52. The number of nitrogens with zero attached hydrogens (tertiary/aromatic N) is 6. The van der Waals surface area contributed by atoms with E-state index in [9.17, 15) is 4.79 Å². The Kier molecular flexibility index (Phi) is 3.71. The van der Waals surface area contributed by atoms with Crippen LogP contribution < -0.4 is 10.5 Å². The van der Waals surface area contributed by atoms with Crippen LogP contribution in [-0.2, 0) is 0 Å². The first-order valence-electron chi connectivity index (χ1n) is 7.87. The van der Waals surface area contributed by atoms with Crippen LogP contribution in [0, 0.1) is 11.3 Å². The van der Waals surface area contributed by atoms with Crippen molar-refractivity contribution in [2.75, 3.05) is 18.0 Å². The van der Waals surface area contributed by atoms with Crippen molar-refractivity contribution < 1.29 is 0 Å². The fraction of sp³-hybridized carbons (Fsp3) is 0.167. The van der Waals surface area contributed by atoms with Crippen LogP contribution in [0.15, 0.2) is 59.7 Å². The van der Waals surface area contributed by atoms with Crippen molar-refractivity contribution in [3.63, 3.8) is 0 Å². The number of aromatic nitrogens is 4. The Hall–Kier alpha value is -3.53. The van der Waals surface area contributed by atoms with E-state index in [1.165, 1.54) is 10.9 Å². The highest BCUT2D eigenvalue weighted by atomic mass is 16.1. The van der Waals surface area contributed by atoms with Crippen molar-refractivity contribution in [2.24, 2.45) is 0 Å². The largest absolute Gasteiger partial charge is 0.350 e. The van der Waals surface area contributed by atoms with Gasteiger partial charge in [-0.05, 0) is 6.07 Å². The summed E-state index contributed by atoms with van der Waals surface area (Å²) in [7, 11) is 0. The Morgan fingerprint density at radius 2 is 1.80 bits per heavy atom. The summed E-state index contributed by atoms with van der Waals surface area (Å²) in [5, 5.41) is 13.6. The smallest absolute Gasteiger partial charge is 0.267 e. The van der Waals surface area contributed by atoms with Crippen molar-refractivity contribution in [1.29, 1.82) is 5.26 Å². The van der Waals surface area contributed by atoms with Gasteiger partial charge in [-0.1, -0.05) is 30.3 Å². The van der Waals surface area contributed by atoms with E-state index in [4.69, 9.17) is 5.26 Å². The van der Waals surface area contributed by atoms with Crippen molar-refractivity contribution in [3.05, 3.63) is 70.9 Å². The summed E-state index contributed by atoms with van der Waals surface area (Å²) in [5.41, 5.74) is 1.88. The van der Waals surface area contributed by atoms with E-state index in [1.807, 2.05) is 41.3 Å². The van der Waals surface area contributed by atoms with Gasteiger partial charge in [0, 0.05) is 37.1 Å². The molecule has 7 nitrogen and oxygen atoms in total. The Morgan fingerprint density at radius 3 is 2.56 bits per heavy atom. The molecule has 7 heteroatoms. The predicted molar refractivity (Wildman–Crippen MR) is 91.9 cm³/mol. The molecule has 1 aliphatic rings. The molecular weight excluding hydrogens is 316 g/mol. The van der Waals surface area contributed by atoms with E-state index in [-0.39, 0.29) is 11.6 Å². The van der Waals surface area contributed by atoms with Crippen molar-refractivity contribution in [3.8, 4) is 17.3 Å². The van der Waals surface area contributed by atoms with Crippen LogP contribution in [0.2, 0.25) is 0 Å². The summed E-state index contributed by atoms with van der Waals surface area (Å²) in [6.07, 6.45) is 3.05. The molecule has 0 N–H and O–H groups in total. The molecule has 0 amide bonds. The lowest BCUT2D eigenvalue weighted by Crippen LogP contribution is -2.51. The maximum Gasteiger partial charge on any atom is 0.267 e. The van der Waals surface area contributed by atoms with Gasteiger partial charge in [0.1, 0.15) is 6.07 Å². The van der Waals surface area contributed by atoms with Crippen LogP contribution in [0.25, 0.3) is 11.3 Å². The van der Waals surface area contributed by atoms with Gasteiger partial charge in [0.05, 0.1) is 11.7 Å². The summed E-state index contributed by atoms with van der Waals surface area (Å²) in [4.78, 5) is 22.4. The number of hydrogen-bond donors (Lipinski definition) is 0. The number of hydrogen-bond acceptors (Lipinski definition) is 6. The van der Waals surface area contributed by atoms with Gasteiger partial charge < -0.3 is 4.90 Å². The van der Waals surface area contributed by atoms with Gasteiger partial charge in [0.15, 0.2) is 11.5 Å². The minimum atomic E-state index is -0.135. The highest BCUT2D eigenvalue weighted by molar-refractivity contribution is 5.58. The molecule has 1 aliphatic heterocycles. The second kappa shape index (κ2) is 6.17. The van der Waals surface area contributed by atoms with Gasteiger partial charge in [-0.3, -0.25) is 4.79 Å². The molecular formula is C18H14N6O. The fourth-order valence-electron chi connectivity index (χ4n) is 2.87. The number of anilines is 1. The molecule has 1 saturated heterocycles. The molecule has 0 saturated carbocycles. The van der Waals surface area contributed by atoms with Crippen LogP contribution in [0.3, 0.4) is 0 Å². The first kappa shape index (κ1) is 15.0. The second-order valence-electron chi connectivity index (χ2n) is 5.77. The zero-order chi connectivity index (χ0) is 17.2. The normalized spacial score (nSPS) is 14.0. The second-order valence-corrected chi connectivity index (χ2v) is 5.77. The van der Waals surface area contributed by atoms with E-state index in [2.05, 4.69) is 15.1 Å². The third-order valence-electron chi connectivity index (χ3n) is 4.19. The van der Waals surface area contributed by atoms with Crippen LogP contribution in [0.4, 0.5) is 5.82 Å².